The number of hydrogen-bond acceptors (Lipinski definition) is 4. The molecule has 160 valence electrons. The van der Waals surface area contributed by atoms with Crippen LogP contribution in [0.1, 0.15) is 31.4 Å². The number of rotatable bonds is 5. The monoisotopic (exact) mass is 400 g/mol. The molecule has 2 amide bonds. The highest BCUT2D eigenvalue weighted by molar-refractivity contribution is 5.92. The number of nitrogens with one attached hydrogen (secondary N) is 1. The molecule has 29 heavy (non-hydrogen) atoms. The first-order valence-corrected chi connectivity index (χ1v) is 10.9. The van der Waals surface area contributed by atoms with Gasteiger partial charge in [-0.2, -0.15) is 0 Å². The number of amides is 2. The van der Waals surface area contributed by atoms with Crippen molar-refractivity contribution >= 4 is 17.5 Å². The Labute approximate surface area is 175 Å². The zero-order valence-corrected chi connectivity index (χ0v) is 18.4. The maximum atomic E-state index is 12.7. The number of aryl methyl sites for hydroxylation is 2. The molecular formula is C23H36N4O2. The van der Waals surface area contributed by atoms with Crippen molar-refractivity contribution in [2.75, 3.05) is 57.7 Å². The van der Waals surface area contributed by atoms with Gasteiger partial charge in [-0.05, 0) is 55.4 Å². The Balaban J connectivity index is 1.41. The standard InChI is InChI=1S/C23H36N4O2/c1-17-9-18(2)12-21(11-17)24-22(28)15-25-5-7-26(8-6-25)16-23(29)27-13-19(3)10-20(4)14-27/h9,11-12,19-20H,5-8,10,13-16H2,1-4H3,(H,24,28)/t19-,20-/m0/s1. The van der Waals surface area contributed by atoms with Gasteiger partial charge in [-0.1, -0.05) is 19.9 Å². The summed E-state index contributed by atoms with van der Waals surface area (Å²) in [5.41, 5.74) is 3.16. The Kier molecular flexibility index (Phi) is 7.30. The van der Waals surface area contributed by atoms with Gasteiger partial charge in [0.05, 0.1) is 13.1 Å². The van der Waals surface area contributed by atoms with E-state index in [2.05, 4.69) is 35.0 Å². The molecule has 1 N–H and O–H groups in total. The second-order valence-corrected chi connectivity index (χ2v) is 9.22. The zero-order chi connectivity index (χ0) is 21.0. The van der Waals surface area contributed by atoms with Gasteiger partial charge in [0.2, 0.25) is 11.8 Å². The molecule has 0 bridgehead atoms. The fourth-order valence-electron chi connectivity index (χ4n) is 4.71. The molecule has 0 aromatic heterocycles. The molecule has 6 nitrogen and oxygen atoms in total. The third-order valence-corrected chi connectivity index (χ3v) is 5.92. The minimum Gasteiger partial charge on any atom is -0.341 e. The Hall–Kier alpha value is -1.92. The lowest BCUT2D eigenvalue weighted by Crippen LogP contribution is -2.52. The van der Waals surface area contributed by atoms with Gasteiger partial charge in [-0.25, -0.2) is 0 Å². The number of carbonyl (C=O) groups excluding carboxylic acids is 2. The smallest absolute Gasteiger partial charge is 0.238 e. The van der Waals surface area contributed by atoms with Crippen molar-refractivity contribution in [3.05, 3.63) is 29.3 Å². The third kappa shape index (κ3) is 6.54. The third-order valence-electron chi connectivity index (χ3n) is 5.92. The fraction of sp³-hybridized carbons (Fsp3) is 0.652. The second kappa shape index (κ2) is 9.72. The van der Waals surface area contributed by atoms with Crippen LogP contribution >= 0.6 is 0 Å². The Bertz CT molecular complexity index is 697. The molecule has 0 aliphatic carbocycles. The number of hydrogen-bond donors (Lipinski definition) is 1. The van der Waals surface area contributed by atoms with Crippen molar-refractivity contribution in [3.8, 4) is 0 Å². The van der Waals surface area contributed by atoms with Gasteiger partial charge in [0.1, 0.15) is 0 Å². The predicted octanol–water partition coefficient (Wildman–Crippen LogP) is 2.36. The summed E-state index contributed by atoms with van der Waals surface area (Å²) in [6.07, 6.45) is 1.21. The summed E-state index contributed by atoms with van der Waals surface area (Å²) >= 11 is 0. The quantitative estimate of drug-likeness (QED) is 0.824. The van der Waals surface area contributed by atoms with E-state index in [1.807, 2.05) is 30.9 Å². The van der Waals surface area contributed by atoms with Gasteiger partial charge < -0.3 is 10.2 Å². The molecule has 1 aromatic carbocycles. The van der Waals surface area contributed by atoms with Crippen LogP contribution in [0.25, 0.3) is 0 Å². The van der Waals surface area contributed by atoms with Crippen molar-refractivity contribution in [1.29, 1.82) is 0 Å². The average molecular weight is 401 g/mol. The van der Waals surface area contributed by atoms with E-state index in [4.69, 9.17) is 0 Å². The summed E-state index contributed by atoms with van der Waals surface area (Å²) in [6.45, 7) is 14.5. The normalized spacial score (nSPS) is 23.8. The molecule has 6 heteroatoms. The molecule has 2 fully saturated rings. The molecule has 0 unspecified atom stereocenters. The van der Waals surface area contributed by atoms with Crippen molar-refractivity contribution in [1.82, 2.24) is 14.7 Å². The Morgan fingerprint density at radius 2 is 1.41 bits per heavy atom. The maximum absolute atomic E-state index is 12.7. The predicted molar refractivity (Wildman–Crippen MR) is 117 cm³/mol. The summed E-state index contributed by atoms with van der Waals surface area (Å²) in [7, 11) is 0. The Morgan fingerprint density at radius 3 is 1.97 bits per heavy atom. The molecule has 3 rings (SSSR count). The van der Waals surface area contributed by atoms with Crippen LogP contribution in [0.2, 0.25) is 0 Å². The van der Waals surface area contributed by atoms with Gasteiger partial charge in [0.25, 0.3) is 0 Å². The summed E-state index contributed by atoms with van der Waals surface area (Å²) in [6, 6.07) is 6.09. The lowest BCUT2D eigenvalue weighted by atomic mass is 9.92. The number of piperazine rings is 1. The molecule has 1 aromatic rings. The van der Waals surface area contributed by atoms with E-state index >= 15 is 0 Å². The van der Waals surface area contributed by atoms with Crippen LogP contribution in [0.5, 0.6) is 0 Å². The molecule has 0 saturated carbocycles. The summed E-state index contributed by atoms with van der Waals surface area (Å²) in [5, 5.41) is 3.01. The van der Waals surface area contributed by atoms with Crippen LogP contribution < -0.4 is 5.32 Å². The van der Waals surface area contributed by atoms with Crippen LogP contribution in [0.15, 0.2) is 18.2 Å². The number of anilines is 1. The van der Waals surface area contributed by atoms with Crippen molar-refractivity contribution in [3.63, 3.8) is 0 Å². The Morgan fingerprint density at radius 1 is 0.897 bits per heavy atom. The lowest BCUT2D eigenvalue weighted by molar-refractivity contribution is -0.135. The SMILES string of the molecule is Cc1cc(C)cc(NC(=O)CN2CCN(CC(=O)N3C[C@@H](C)C[C@H](C)C3)CC2)c1. The first kappa shape index (κ1) is 21.8. The topological polar surface area (TPSA) is 55.9 Å². The van der Waals surface area contributed by atoms with E-state index in [-0.39, 0.29) is 11.8 Å². The first-order valence-electron chi connectivity index (χ1n) is 10.9. The lowest BCUT2D eigenvalue weighted by Gasteiger charge is -2.38. The minimum atomic E-state index is 0.0239. The van der Waals surface area contributed by atoms with E-state index in [1.54, 1.807) is 0 Å². The second-order valence-electron chi connectivity index (χ2n) is 9.22. The van der Waals surface area contributed by atoms with E-state index in [0.717, 1.165) is 56.1 Å². The highest BCUT2D eigenvalue weighted by Gasteiger charge is 2.27. The molecule has 2 aliphatic rings. The van der Waals surface area contributed by atoms with Crippen molar-refractivity contribution in [2.24, 2.45) is 11.8 Å². The van der Waals surface area contributed by atoms with Crippen LogP contribution in [-0.4, -0.2) is 78.9 Å². The summed E-state index contributed by atoms with van der Waals surface area (Å²) in [5.74, 6) is 1.46. The van der Waals surface area contributed by atoms with Crippen LogP contribution in [-0.2, 0) is 9.59 Å². The first-order chi connectivity index (χ1) is 13.8. The zero-order valence-electron chi connectivity index (χ0n) is 18.4. The van der Waals surface area contributed by atoms with Crippen LogP contribution in [0.3, 0.4) is 0 Å². The molecule has 2 atom stereocenters. The molecule has 2 heterocycles. The molecular weight excluding hydrogens is 364 g/mol. The average Bonchev–Trinajstić information content (AvgIpc) is 2.61. The van der Waals surface area contributed by atoms with Crippen molar-refractivity contribution in [2.45, 2.75) is 34.1 Å². The molecule has 0 radical (unpaired) electrons. The summed E-state index contributed by atoms with van der Waals surface area (Å²) in [4.78, 5) is 31.5. The van der Waals surface area contributed by atoms with Gasteiger partial charge >= 0.3 is 0 Å². The highest BCUT2D eigenvalue weighted by atomic mass is 16.2. The number of likely N-dealkylation sites (tertiary alicyclic amines) is 1. The molecule has 0 spiro atoms. The van der Waals surface area contributed by atoms with E-state index in [0.29, 0.717) is 24.9 Å². The van der Waals surface area contributed by atoms with E-state index in [1.165, 1.54) is 6.42 Å². The fourth-order valence-corrected chi connectivity index (χ4v) is 4.71. The molecule has 2 saturated heterocycles. The van der Waals surface area contributed by atoms with Crippen LogP contribution in [0, 0.1) is 25.7 Å². The van der Waals surface area contributed by atoms with Crippen molar-refractivity contribution < 1.29 is 9.59 Å². The highest BCUT2D eigenvalue weighted by Crippen LogP contribution is 2.21. The van der Waals surface area contributed by atoms with E-state index < -0.39 is 0 Å². The number of nitrogens with zero attached hydrogens (tertiary/aromatic N) is 3. The van der Waals surface area contributed by atoms with E-state index in [9.17, 15) is 9.59 Å². The van der Waals surface area contributed by atoms with Gasteiger partial charge in [0.15, 0.2) is 0 Å². The number of carbonyl (C=O) groups is 2. The minimum absolute atomic E-state index is 0.0239. The molecule has 2 aliphatic heterocycles. The number of piperidine rings is 1. The van der Waals surface area contributed by atoms with Gasteiger partial charge in [-0.3, -0.25) is 19.4 Å². The van der Waals surface area contributed by atoms with Crippen LogP contribution in [0.4, 0.5) is 5.69 Å². The maximum Gasteiger partial charge on any atom is 0.238 e. The van der Waals surface area contributed by atoms with Gasteiger partial charge in [0, 0.05) is 45.0 Å². The van der Waals surface area contributed by atoms with Gasteiger partial charge in [-0.15, -0.1) is 0 Å². The summed E-state index contributed by atoms with van der Waals surface area (Å²) < 4.78 is 0. The largest absolute Gasteiger partial charge is 0.341 e. The number of benzene rings is 1.